The molecule has 2 aromatic rings. The van der Waals surface area contributed by atoms with Crippen LogP contribution in [0.5, 0.6) is 5.75 Å². The van der Waals surface area contributed by atoms with E-state index in [2.05, 4.69) is 5.32 Å². The fourth-order valence-corrected chi connectivity index (χ4v) is 3.02. The van der Waals surface area contributed by atoms with E-state index in [1.807, 2.05) is 6.92 Å². The smallest absolute Gasteiger partial charge is 0.253 e. The first kappa shape index (κ1) is 23.0. The van der Waals surface area contributed by atoms with Crippen LogP contribution in [0.15, 0.2) is 36.4 Å². The fraction of sp³-hybridized carbons (Fsp3) is 0.350. The lowest BCUT2D eigenvalue weighted by molar-refractivity contribution is -0.129. The molecule has 158 valence electrons. The Morgan fingerprint density at radius 2 is 1.90 bits per heavy atom. The van der Waals surface area contributed by atoms with E-state index in [-0.39, 0.29) is 55.0 Å². The molecule has 5 nitrogen and oxygen atoms in total. The number of nitrogens with zero attached hydrogens (tertiary/aromatic N) is 1. The van der Waals surface area contributed by atoms with Crippen LogP contribution in [0, 0.1) is 17.5 Å². The van der Waals surface area contributed by atoms with E-state index < -0.39 is 17.5 Å². The maximum absolute atomic E-state index is 13.6. The standard InChI is InChI=1S/C20H21F3N2O3.ClH/c1-12(13-3-5-17(22)19(7-13)27-2)24-9-15-10-25(20(26)11-28-15)14-4-6-16(21)18(23)8-14;/h3-8,12,15,24H,9-11H2,1-2H3;1H/t12-,15?;/m1./s1. The molecule has 1 unspecified atom stereocenters. The Morgan fingerprint density at radius 1 is 1.17 bits per heavy atom. The molecular formula is C20H22ClF3N2O3. The molecule has 0 aromatic heterocycles. The molecule has 0 aliphatic carbocycles. The van der Waals surface area contributed by atoms with Gasteiger partial charge < -0.3 is 19.7 Å². The van der Waals surface area contributed by atoms with Gasteiger partial charge in [-0.15, -0.1) is 12.4 Å². The number of nitrogens with one attached hydrogen (secondary N) is 1. The molecule has 0 bridgehead atoms. The maximum atomic E-state index is 13.6. The lowest BCUT2D eigenvalue weighted by Crippen LogP contribution is -2.50. The van der Waals surface area contributed by atoms with E-state index >= 15 is 0 Å². The minimum absolute atomic E-state index is 0. The van der Waals surface area contributed by atoms with E-state index in [4.69, 9.17) is 9.47 Å². The van der Waals surface area contributed by atoms with Crippen LogP contribution in [0.3, 0.4) is 0 Å². The molecule has 0 spiro atoms. The summed E-state index contributed by atoms with van der Waals surface area (Å²) in [5.74, 6) is -2.57. The predicted molar refractivity (Wildman–Crippen MR) is 105 cm³/mol. The van der Waals surface area contributed by atoms with Crippen LogP contribution in [0.4, 0.5) is 18.9 Å². The Bertz CT molecular complexity index is 869. The average molecular weight is 431 g/mol. The van der Waals surface area contributed by atoms with Crippen molar-refractivity contribution in [2.45, 2.75) is 19.1 Å². The number of ether oxygens (including phenoxy) is 2. The summed E-state index contributed by atoms with van der Waals surface area (Å²) >= 11 is 0. The van der Waals surface area contributed by atoms with Crippen molar-refractivity contribution in [1.29, 1.82) is 0 Å². The van der Waals surface area contributed by atoms with Crippen molar-refractivity contribution >= 4 is 24.0 Å². The first-order valence-corrected chi connectivity index (χ1v) is 8.83. The summed E-state index contributed by atoms with van der Waals surface area (Å²) in [6.07, 6.45) is -0.337. The van der Waals surface area contributed by atoms with Crippen molar-refractivity contribution in [3.8, 4) is 5.75 Å². The summed E-state index contributed by atoms with van der Waals surface area (Å²) in [4.78, 5) is 13.5. The highest BCUT2D eigenvalue weighted by Gasteiger charge is 2.28. The number of hydrogen-bond donors (Lipinski definition) is 1. The third-order valence-electron chi connectivity index (χ3n) is 4.67. The SMILES string of the molecule is COc1cc([C@@H](C)NCC2CN(c3ccc(F)c(F)c3)C(=O)CO2)ccc1F.Cl. The monoisotopic (exact) mass is 430 g/mol. The van der Waals surface area contributed by atoms with Crippen molar-refractivity contribution in [2.24, 2.45) is 0 Å². The molecule has 1 aliphatic heterocycles. The molecule has 9 heteroatoms. The van der Waals surface area contributed by atoms with E-state index in [9.17, 15) is 18.0 Å². The third kappa shape index (κ3) is 5.41. The molecule has 29 heavy (non-hydrogen) atoms. The van der Waals surface area contributed by atoms with Gasteiger partial charge in [-0.1, -0.05) is 6.07 Å². The zero-order valence-corrected chi connectivity index (χ0v) is 16.8. The van der Waals surface area contributed by atoms with Crippen molar-refractivity contribution in [1.82, 2.24) is 5.32 Å². The number of morpholine rings is 1. The van der Waals surface area contributed by atoms with Gasteiger partial charge in [0.15, 0.2) is 23.2 Å². The van der Waals surface area contributed by atoms with Gasteiger partial charge >= 0.3 is 0 Å². The number of hydrogen-bond acceptors (Lipinski definition) is 4. The Labute approximate surface area is 173 Å². The third-order valence-corrected chi connectivity index (χ3v) is 4.67. The lowest BCUT2D eigenvalue weighted by Gasteiger charge is -2.33. The quantitative estimate of drug-likeness (QED) is 0.760. The summed E-state index contributed by atoms with van der Waals surface area (Å²) in [5, 5.41) is 3.27. The Morgan fingerprint density at radius 3 is 2.59 bits per heavy atom. The first-order chi connectivity index (χ1) is 13.4. The van der Waals surface area contributed by atoms with Crippen molar-refractivity contribution in [3.63, 3.8) is 0 Å². The number of rotatable bonds is 6. The summed E-state index contributed by atoms with van der Waals surface area (Å²) in [7, 11) is 1.40. The van der Waals surface area contributed by atoms with Gasteiger partial charge in [0, 0.05) is 24.3 Å². The fourth-order valence-electron chi connectivity index (χ4n) is 3.02. The number of anilines is 1. The van der Waals surface area contributed by atoms with E-state index in [1.165, 1.54) is 24.1 Å². The minimum Gasteiger partial charge on any atom is -0.494 e. The normalized spacial score (nSPS) is 17.6. The van der Waals surface area contributed by atoms with Crippen molar-refractivity contribution in [3.05, 3.63) is 59.4 Å². The molecule has 1 heterocycles. The largest absolute Gasteiger partial charge is 0.494 e. The minimum atomic E-state index is -1.01. The van der Waals surface area contributed by atoms with Gasteiger partial charge in [-0.3, -0.25) is 4.79 Å². The van der Waals surface area contributed by atoms with Crippen LogP contribution < -0.4 is 15.0 Å². The molecule has 0 saturated carbocycles. The van der Waals surface area contributed by atoms with Gasteiger partial charge in [-0.2, -0.15) is 0 Å². The molecule has 2 aromatic carbocycles. The Balaban J connectivity index is 0.00000300. The highest BCUT2D eigenvalue weighted by molar-refractivity contribution is 5.95. The van der Waals surface area contributed by atoms with Crippen LogP contribution in [-0.4, -0.2) is 38.8 Å². The van der Waals surface area contributed by atoms with Crippen LogP contribution in [0.25, 0.3) is 0 Å². The number of benzene rings is 2. The van der Waals surface area contributed by atoms with E-state index in [1.54, 1.807) is 12.1 Å². The summed E-state index contributed by atoms with van der Waals surface area (Å²) in [5.41, 5.74) is 1.12. The Hall–Kier alpha value is -2.29. The summed E-state index contributed by atoms with van der Waals surface area (Å²) < 4.78 is 50.7. The van der Waals surface area contributed by atoms with Crippen molar-refractivity contribution < 1.29 is 27.4 Å². The number of carbonyl (C=O) groups excluding carboxylic acids is 1. The summed E-state index contributed by atoms with van der Waals surface area (Å²) in [6.45, 7) is 2.38. The van der Waals surface area contributed by atoms with Gasteiger partial charge in [0.05, 0.1) is 19.8 Å². The Kier molecular flexibility index (Phi) is 7.89. The van der Waals surface area contributed by atoms with Crippen LogP contribution in [0.2, 0.25) is 0 Å². The molecule has 1 N–H and O–H groups in total. The average Bonchev–Trinajstić information content (AvgIpc) is 2.69. The zero-order chi connectivity index (χ0) is 20.3. The lowest BCUT2D eigenvalue weighted by atomic mass is 10.1. The predicted octanol–water partition coefficient (Wildman–Crippen LogP) is 3.62. The van der Waals surface area contributed by atoms with Crippen molar-refractivity contribution in [2.75, 3.05) is 31.7 Å². The van der Waals surface area contributed by atoms with Gasteiger partial charge in [0.2, 0.25) is 0 Å². The molecule has 2 atom stereocenters. The first-order valence-electron chi connectivity index (χ1n) is 8.83. The maximum Gasteiger partial charge on any atom is 0.253 e. The molecular weight excluding hydrogens is 409 g/mol. The second kappa shape index (κ2) is 9.96. The van der Waals surface area contributed by atoms with Gasteiger partial charge in [0.25, 0.3) is 5.91 Å². The highest BCUT2D eigenvalue weighted by atomic mass is 35.5. The molecule has 1 amide bonds. The number of methoxy groups -OCH3 is 1. The highest BCUT2D eigenvalue weighted by Crippen LogP contribution is 2.24. The second-order valence-electron chi connectivity index (χ2n) is 6.56. The van der Waals surface area contributed by atoms with Crippen LogP contribution in [0.1, 0.15) is 18.5 Å². The topological polar surface area (TPSA) is 50.8 Å². The number of amides is 1. The van der Waals surface area contributed by atoms with Gasteiger partial charge in [-0.05, 0) is 36.8 Å². The molecule has 0 radical (unpaired) electrons. The molecule has 1 fully saturated rings. The molecule has 3 rings (SSSR count). The zero-order valence-electron chi connectivity index (χ0n) is 16.0. The number of halogens is 4. The van der Waals surface area contributed by atoms with Gasteiger partial charge in [0.1, 0.15) is 6.61 Å². The number of carbonyl (C=O) groups is 1. The second-order valence-corrected chi connectivity index (χ2v) is 6.56. The summed E-state index contributed by atoms with van der Waals surface area (Å²) in [6, 6.07) is 7.85. The van der Waals surface area contributed by atoms with E-state index in [0.717, 1.165) is 17.7 Å². The van der Waals surface area contributed by atoms with Crippen LogP contribution in [-0.2, 0) is 9.53 Å². The van der Waals surface area contributed by atoms with E-state index in [0.29, 0.717) is 6.54 Å². The molecule has 1 aliphatic rings. The molecule has 1 saturated heterocycles. The van der Waals surface area contributed by atoms with Gasteiger partial charge in [-0.25, -0.2) is 13.2 Å². The van der Waals surface area contributed by atoms with Crippen LogP contribution >= 0.6 is 12.4 Å².